The van der Waals surface area contributed by atoms with E-state index in [9.17, 15) is 9.59 Å². The number of piperazine rings is 1. The van der Waals surface area contributed by atoms with E-state index in [0.717, 1.165) is 11.4 Å². The van der Waals surface area contributed by atoms with Crippen molar-refractivity contribution in [3.05, 3.63) is 35.7 Å². The molecule has 4 atom stereocenters. The van der Waals surface area contributed by atoms with Crippen molar-refractivity contribution in [1.82, 2.24) is 20.3 Å². The first-order valence-electron chi connectivity index (χ1n) is 12.9. The first-order chi connectivity index (χ1) is 17.6. The Kier molecular flexibility index (Phi) is 6.71. The summed E-state index contributed by atoms with van der Waals surface area (Å²) in [5.74, 6) is -0.620. The fourth-order valence-electron chi connectivity index (χ4n) is 6.39. The van der Waals surface area contributed by atoms with Crippen LogP contribution in [0.1, 0.15) is 24.6 Å². The minimum Gasteiger partial charge on any atom is -0.396 e. The molecule has 1 aromatic carbocycles. The number of carbonyl (C=O) groups excluding carboxylic acids is 2. The number of hydrogen-bond donors (Lipinski definition) is 2. The molecule has 10 nitrogen and oxygen atoms in total. The van der Waals surface area contributed by atoms with Crippen molar-refractivity contribution < 1.29 is 23.5 Å². The van der Waals surface area contributed by atoms with Crippen LogP contribution in [0.4, 0.5) is 15.5 Å². The molecule has 37 heavy (non-hydrogen) atoms. The van der Waals surface area contributed by atoms with Gasteiger partial charge in [0.25, 0.3) is 5.91 Å². The molecule has 0 radical (unpaired) electrons. The maximum Gasteiger partial charge on any atom is 0.264 e. The Morgan fingerprint density at radius 2 is 2.11 bits per heavy atom. The number of aliphatic hydroxyl groups is 1. The van der Waals surface area contributed by atoms with Crippen LogP contribution in [-0.2, 0) is 32.9 Å². The van der Waals surface area contributed by atoms with Crippen LogP contribution in [0.15, 0.2) is 24.4 Å². The van der Waals surface area contributed by atoms with Crippen molar-refractivity contribution in [3.63, 3.8) is 0 Å². The van der Waals surface area contributed by atoms with Gasteiger partial charge in [-0.25, -0.2) is 0 Å². The third-order valence-electron chi connectivity index (χ3n) is 8.07. The molecular weight excluding hydrogens is 495 g/mol. The number of likely N-dealkylation sites (N-methyl/N-ethyl adjacent to an activating group) is 1. The number of aryl methyl sites for hydroxylation is 1. The highest BCUT2D eigenvalue weighted by atomic mass is 28.4. The molecule has 2 fully saturated rings. The highest BCUT2D eigenvalue weighted by molar-refractivity contribution is 6.72. The molecule has 0 unspecified atom stereocenters. The lowest BCUT2D eigenvalue weighted by Crippen LogP contribution is -2.48. The van der Waals surface area contributed by atoms with E-state index in [1.807, 2.05) is 25.1 Å². The molecule has 2 amide bonds. The van der Waals surface area contributed by atoms with Gasteiger partial charge in [0.1, 0.15) is 0 Å². The predicted molar refractivity (Wildman–Crippen MR) is 139 cm³/mol. The number of benzene rings is 1. The zero-order valence-corrected chi connectivity index (χ0v) is 22.8. The van der Waals surface area contributed by atoms with Gasteiger partial charge in [0, 0.05) is 68.6 Å². The number of hydrogen-bond acceptors (Lipinski definition) is 7. The van der Waals surface area contributed by atoms with Crippen molar-refractivity contribution in [3.8, 4) is 0 Å². The molecule has 1 aromatic heterocycles. The predicted octanol–water partition coefficient (Wildman–Crippen LogP) is 1.59. The lowest BCUT2D eigenvalue weighted by molar-refractivity contribution is -0.145. The largest absolute Gasteiger partial charge is 0.396 e. The molecule has 2 aromatic rings. The van der Waals surface area contributed by atoms with Gasteiger partial charge in [0.2, 0.25) is 14.3 Å². The van der Waals surface area contributed by atoms with E-state index in [1.54, 1.807) is 40.8 Å². The lowest BCUT2D eigenvalue weighted by Gasteiger charge is -2.32. The summed E-state index contributed by atoms with van der Waals surface area (Å²) < 4.78 is 24.3. The molecule has 12 heteroatoms. The monoisotopic (exact) mass is 530 g/mol. The topological polar surface area (TPSA) is 113 Å². The summed E-state index contributed by atoms with van der Waals surface area (Å²) in [5.41, 5.74) is 1.11. The fraction of sp³-hybridized carbons (Fsp3) is 0.600. The summed E-state index contributed by atoms with van der Waals surface area (Å²) in [5, 5.41) is 20.4. The number of halogens is 1. The zero-order valence-electron chi connectivity index (χ0n) is 21.8. The van der Waals surface area contributed by atoms with Crippen LogP contribution in [0.3, 0.4) is 0 Å². The second kappa shape index (κ2) is 9.57. The Hall–Kier alpha value is -2.67. The first-order valence-corrected chi connectivity index (χ1v) is 15.8. The van der Waals surface area contributed by atoms with Crippen molar-refractivity contribution in [2.24, 2.45) is 5.92 Å². The smallest absolute Gasteiger partial charge is 0.264 e. The minimum atomic E-state index is -3.27. The van der Waals surface area contributed by atoms with Gasteiger partial charge in [-0.15, -0.1) is 5.10 Å². The third kappa shape index (κ3) is 4.29. The van der Waals surface area contributed by atoms with Gasteiger partial charge in [-0.05, 0) is 37.7 Å². The number of fused-ring (bicyclic) bond motifs is 2. The maximum absolute atomic E-state index is 15.9. The summed E-state index contributed by atoms with van der Waals surface area (Å²) in [6.07, 6.45) is 2.18. The molecule has 5 rings (SSSR count). The van der Waals surface area contributed by atoms with Gasteiger partial charge in [-0.3, -0.25) is 14.3 Å². The number of nitrogens with zero attached hydrogens (tertiary/aromatic N) is 5. The summed E-state index contributed by atoms with van der Waals surface area (Å²) in [6, 6.07) is 5.62. The number of aliphatic hydroxyl groups excluding tert-OH is 1. The Morgan fingerprint density at radius 3 is 2.81 bits per heavy atom. The lowest BCUT2D eigenvalue weighted by atomic mass is 9.82. The average molecular weight is 531 g/mol. The maximum atomic E-state index is 15.9. The van der Waals surface area contributed by atoms with Gasteiger partial charge in [-0.2, -0.15) is 0 Å². The molecule has 0 bridgehead atoms. The van der Waals surface area contributed by atoms with E-state index >= 15 is 4.11 Å². The Morgan fingerprint density at radius 1 is 1.32 bits per heavy atom. The van der Waals surface area contributed by atoms with E-state index < -0.39 is 31.6 Å². The Bertz CT molecular complexity index is 1200. The van der Waals surface area contributed by atoms with Crippen LogP contribution in [-0.4, -0.2) is 79.7 Å². The normalized spacial score (nSPS) is 28.0. The minimum absolute atomic E-state index is 0.00918. The summed E-state index contributed by atoms with van der Waals surface area (Å²) in [4.78, 5) is 29.8. The standard InChI is InChI=1S/C25H35FN6O4Si/c1-16-23(37(3,4)26)21(7-10-31-15-17(8-12-33)28-29-31)36-25(16)19-13-18(32-11-9-27-14-22(32)34)5-6-20(19)30(2)24(25)35/h5-6,13,15-16,21,23,27,33H,7-12,14H2,1-4H3/t16-,21+,23-,25+/m1/s1. The molecule has 2 saturated heterocycles. The number of nitrogens with one attached hydrogen (secondary N) is 1. The van der Waals surface area contributed by atoms with E-state index in [1.165, 1.54) is 0 Å². The van der Waals surface area contributed by atoms with E-state index in [0.29, 0.717) is 43.7 Å². The summed E-state index contributed by atoms with van der Waals surface area (Å²) in [7, 11) is -1.54. The van der Waals surface area contributed by atoms with E-state index in [4.69, 9.17) is 9.84 Å². The number of rotatable bonds is 7. The second-order valence-corrected chi connectivity index (χ2v) is 14.6. The van der Waals surface area contributed by atoms with Crippen LogP contribution in [0.2, 0.25) is 18.6 Å². The molecule has 2 N–H and O–H groups in total. The van der Waals surface area contributed by atoms with Crippen molar-refractivity contribution in [1.29, 1.82) is 0 Å². The quantitative estimate of drug-likeness (QED) is 0.413. The number of amides is 2. The van der Waals surface area contributed by atoms with Crippen molar-refractivity contribution in [2.45, 2.75) is 56.7 Å². The van der Waals surface area contributed by atoms with Crippen LogP contribution in [0.25, 0.3) is 0 Å². The zero-order chi connectivity index (χ0) is 26.5. The second-order valence-electron chi connectivity index (χ2n) is 10.8. The number of aromatic nitrogens is 3. The third-order valence-corrected chi connectivity index (χ3v) is 10.5. The van der Waals surface area contributed by atoms with Crippen LogP contribution in [0.5, 0.6) is 0 Å². The molecule has 0 saturated carbocycles. The van der Waals surface area contributed by atoms with Gasteiger partial charge < -0.3 is 29.1 Å². The average Bonchev–Trinajstić information content (AvgIpc) is 3.49. The van der Waals surface area contributed by atoms with E-state index in [-0.39, 0.29) is 25.0 Å². The number of anilines is 2. The van der Waals surface area contributed by atoms with Crippen LogP contribution in [0, 0.1) is 5.92 Å². The number of carbonyl (C=O) groups is 2. The molecule has 0 aliphatic carbocycles. The van der Waals surface area contributed by atoms with Gasteiger partial charge >= 0.3 is 0 Å². The fourth-order valence-corrected chi connectivity index (χ4v) is 8.94. The van der Waals surface area contributed by atoms with Crippen molar-refractivity contribution >= 4 is 31.6 Å². The number of ether oxygens (including phenoxy) is 1. The SMILES string of the molecule is C[C@@H]1[C@@H]([Si](C)(C)F)[C@H](CCn2cc(CCO)nn2)O[C@@]12C(=O)N(C)c1ccc(N3CCNCC3=O)cc12. The molecule has 200 valence electrons. The Balaban J connectivity index is 1.50. The van der Waals surface area contributed by atoms with Crippen LogP contribution < -0.4 is 15.1 Å². The highest BCUT2D eigenvalue weighted by Gasteiger charge is 2.66. The molecule has 4 heterocycles. The Labute approximate surface area is 216 Å². The van der Waals surface area contributed by atoms with Crippen LogP contribution >= 0.6 is 0 Å². The summed E-state index contributed by atoms with van der Waals surface area (Å²) in [6.45, 7) is 7.23. The van der Waals surface area contributed by atoms with E-state index in [2.05, 4.69) is 15.6 Å². The molecule has 3 aliphatic heterocycles. The first kappa shape index (κ1) is 26.0. The van der Waals surface area contributed by atoms with Gasteiger partial charge in [0.15, 0.2) is 5.60 Å². The van der Waals surface area contributed by atoms with Gasteiger partial charge in [0.05, 0.1) is 24.0 Å². The summed E-state index contributed by atoms with van der Waals surface area (Å²) >= 11 is 0. The molecule has 1 spiro atoms. The van der Waals surface area contributed by atoms with Crippen molar-refractivity contribution in [2.75, 3.05) is 43.1 Å². The molecule has 3 aliphatic rings. The molecular formula is C25H35FN6O4Si. The highest BCUT2D eigenvalue weighted by Crippen LogP contribution is 2.60. The van der Waals surface area contributed by atoms with Gasteiger partial charge in [-0.1, -0.05) is 12.1 Å².